The van der Waals surface area contributed by atoms with Gasteiger partial charge in [-0.3, -0.25) is 9.69 Å². The summed E-state index contributed by atoms with van der Waals surface area (Å²) >= 11 is 0. The number of piperidine rings is 1. The molecule has 0 unspecified atom stereocenters. The third-order valence-electron chi connectivity index (χ3n) is 5.84. The number of likely N-dealkylation sites (tertiary alicyclic amines) is 1. The van der Waals surface area contributed by atoms with E-state index in [1.807, 2.05) is 17.0 Å². The first-order valence-electron chi connectivity index (χ1n) is 9.91. The first-order chi connectivity index (χ1) is 13.6. The zero-order valence-electron chi connectivity index (χ0n) is 16.2. The van der Waals surface area contributed by atoms with Crippen molar-refractivity contribution in [1.29, 1.82) is 0 Å². The minimum atomic E-state index is -0.164. The highest BCUT2D eigenvalue weighted by Gasteiger charge is 2.30. The highest BCUT2D eigenvalue weighted by Crippen LogP contribution is 2.23. The zero-order chi connectivity index (χ0) is 19.5. The molecular formula is C20H26FN5O2. The maximum absolute atomic E-state index is 14.0. The van der Waals surface area contributed by atoms with Crippen LogP contribution in [-0.2, 0) is 11.2 Å². The first kappa shape index (κ1) is 18.9. The molecule has 2 aromatic rings. The van der Waals surface area contributed by atoms with Crippen molar-refractivity contribution in [1.82, 2.24) is 20.1 Å². The number of carbonyl (C=O) groups excluding carboxylic acids is 1. The second kappa shape index (κ2) is 8.26. The topological polar surface area (TPSA) is 65.7 Å². The Morgan fingerprint density at radius 2 is 1.96 bits per heavy atom. The highest BCUT2D eigenvalue weighted by atomic mass is 19.1. The Hall–Kier alpha value is -2.48. The molecule has 4 rings (SSSR count). The van der Waals surface area contributed by atoms with Gasteiger partial charge in [-0.1, -0.05) is 22.4 Å². The number of rotatable bonds is 4. The van der Waals surface area contributed by atoms with E-state index in [-0.39, 0.29) is 18.1 Å². The largest absolute Gasteiger partial charge is 0.367 e. The number of para-hydroxylation sites is 1. The van der Waals surface area contributed by atoms with Crippen LogP contribution in [0.2, 0.25) is 0 Å². The minimum Gasteiger partial charge on any atom is -0.367 e. The Morgan fingerprint density at radius 1 is 1.18 bits per heavy atom. The maximum Gasteiger partial charge on any atom is 0.228 e. The molecule has 8 heteroatoms. The van der Waals surface area contributed by atoms with Gasteiger partial charge < -0.3 is 9.80 Å². The van der Waals surface area contributed by atoms with Gasteiger partial charge in [0.1, 0.15) is 17.2 Å². The monoisotopic (exact) mass is 387 g/mol. The highest BCUT2D eigenvalue weighted by molar-refractivity contribution is 5.78. The van der Waals surface area contributed by atoms with Gasteiger partial charge in [0.25, 0.3) is 0 Å². The van der Waals surface area contributed by atoms with Crippen molar-refractivity contribution in [3.8, 4) is 0 Å². The summed E-state index contributed by atoms with van der Waals surface area (Å²) in [6, 6.07) is 7.31. The van der Waals surface area contributed by atoms with Gasteiger partial charge in [-0.05, 0) is 31.9 Å². The van der Waals surface area contributed by atoms with Gasteiger partial charge in [-0.2, -0.15) is 0 Å². The fourth-order valence-corrected chi connectivity index (χ4v) is 4.18. The number of amides is 1. The van der Waals surface area contributed by atoms with Crippen LogP contribution >= 0.6 is 0 Å². The van der Waals surface area contributed by atoms with Crippen LogP contribution in [-0.4, -0.2) is 71.3 Å². The van der Waals surface area contributed by atoms with Crippen LogP contribution < -0.4 is 4.90 Å². The number of benzene rings is 1. The summed E-state index contributed by atoms with van der Waals surface area (Å²) in [4.78, 5) is 19.2. The van der Waals surface area contributed by atoms with E-state index in [2.05, 4.69) is 20.1 Å². The minimum absolute atomic E-state index is 0.0773. The number of nitrogens with zero attached hydrogens (tertiary/aromatic N) is 5. The van der Waals surface area contributed by atoms with E-state index in [9.17, 15) is 9.18 Å². The summed E-state index contributed by atoms with van der Waals surface area (Å²) < 4.78 is 18.7. The van der Waals surface area contributed by atoms with E-state index in [0.717, 1.165) is 52.1 Å². The number of carbonyl (C=O) groups is 1. The van der Waals surface area contributed by atoms with Gasteiger partial charge in [0.15, 0.2) is 0 Å². The Kier molecular flexibility index (Phi) is 5.57. The molecule has 1 atom stereocenters. The molecule has 0 spiro atoms. The second-order valence-corrected chi connectivity index (χ2v) is 7.58. The number of hydrogen-bond donors (Lipinski definition) is 0. The molecular weight excluding hydrogens is 361 g/mol. The zero-order valence-corrected chi connectivity index (χ0v) is 16.2. The van der Waals surface area contributed by atoms with E-state index in [4.69, 9.17) is 4.63 Å². The molecule has 28 heavy (non-hydrogen) atoms. The quantitative estimate of drug-likeness (QED) is 0.798. The molecule has 0 N–H and O–H groups in total. The van der Waals surface area contributed by atoms with Crippen molar-refractivity contribution in [3.63, 3.8) is 0 Å². The summed E-state index contributed by atoms with van der Waals surface area (Å²) in [6.45, 7) is 6.69. The molecule has 0 radical (unpaired) electrons. The number of anilines is 1. The molecule has 1 aromatic heterocycles. The summed E-state index contributed by atoms with van der Waals surface area (Å²) in [6.07, 6.45) is 2.33. The van der Waals surface area contributed by atoms with Gasteiger partial charge in [-0.15, -0.1) is 0 Å². The van der Waals surface area contributed by atoms with Gasteiger partial charge in [0, 0.05) is 45.3 Å². The average molecular weight is 387 g/mol. The number of aryl methyl sites for hydroxylation is 1. The molecule has 0 saturated carbocycles. The lowest BCUT2D eigenvalue weighted by Crippen LogP contribution is -2.56. The van der Waals surface area contributed by atoms with Crippen LogP contribution in [0.3, 0.4) is 0 Å². The fourth-order valence-electron chi connectivity index (χ4n) is 4.18. The summed E-state index contributed by atoms with van der Waals surface area (Å²) in [5.41, 5.74) is 1.97. The molecule has 2 fully saturated rings. The first-order valence-corrected chi connectivity index (χ1v) is 9.91. The van der Waals surface area contributed by atoms with Crippen molar-refractivity contribution < 1.29 is 13.8 Å². The van der Waals surface area contributed by atoms with E-state index in [1.165, 1.54) is 6.07 Å². The van der Waals surface area contributed by atoms with E-state index in [0.29, 0.717) is 23.1 Å². The molecule has 150 valence electrons. The van der Waals surface area contributed by atoms with Crippen molar-refractivity contribution in [3.05, 3.63) is 41.5 Å². The van der Waals surface area contributed by atoms with Crippen LogP contribution in [0.5, 0.6) is 0 Å². The number of aromatic nitrogens is 2. The van der Waals surface area contributed by atoms with E-state index in [1.54, 1.807) is 13.0 Å². The molecule has 2 saturated heterocycles. The van der Waals surface area contributed by atoms with Gasteiger partial charge >= 0.3 is 0 Å². The summed E-state index contributed by atoms with van der Waals surface area (Å²) in [5, 5.41) is 7.57. The molecule has 7 nitrogen and oxygen atoms in total. The van der Waals surface area contributed by atoms with Crippen molar-refractivity contribution >= 4 is 11.6 Å². The lowest BCUT2D eigenvalue weighted by Gasteiger charge is -2.44. The maximum atomic E-state index is 14.0. The van der Waals surface area contributed by atoms with Gasteiger partial charge in [-0.25, -0.2) is 9.02 Å². The third-order valence-corrected chi connectivity index (χ3v) is 5.84. The molecule has 1 amide bonds. The number of piperazine rings is 1. The third kappa shape index (κ3) is 4.01. The van der Waals surface area contributed by atoms with Crippen molar-refractivity contribution in [2.45, 2.75) is 32.2 Å². The smallest absolute Gasteiger partial charge is 0.228 e. The standard InChI is InChI=1S/C20H26FN5O2/c1-15-18(23-28-22-15)13-20(27)26-8-4-5-16(14-26)24-9-11-25(12-10-24)19-7-3-2-6-17(19)21/h2-3,6-7,16H,4-5,8-14H2,1H3/t16-/m1/s1. The van der Waals surface area contributed by atoms with Crippen LogP contribution in [0.4, 0.5) is 10.1 Å². The predicted octanol–water partition coefficient (Wildman–Crippen LogP) is 1.87. The van der Waals surface area contributed by atoms with Gasteiger partial charge in [0.2, 0.25) is 5.91 Å². The van der Waals surface area contributed by atoms with Crippen molar-refractivity contribution in [2.75, 3.05) is 44.2 Å². The van der Waals surface area contributed by atoms with Crippen LogP contribution in [0.15, 0.2) is 28.9 Å². The van der Waals surface area contributed by atoms with Crippen LogP contribution in [0.25, 0.3) is 0 Å². The summed E-state index contributed by atoms with van der Waals surface area (Å²) in [5.74, 6) is -0.0866. The van der Waals surface area contributed by atoms with Crippen LogP contribution in [0, 0.1) is 12.7 Å². The number of halogens is 1. The molecule has 1 aromatic carbocycles. The lowest BCUT2D eigenvalue weighted by molar-refractivity contribution is -0.132. The predicted molar refractivity (Wildman–Crippen MR) is 103 cm³/mol. The average Bonchev–Trinajstić information content (AvgIpc) is 3.13. The summed E-state index contributed by atoms with van der Waals surface area (Å²) in [7, 11) is 0. The van der Waals surface area contributed by atoms with Crippen LogP contribution in [0.1, 0.15) is 24.2 Å². The lowest BCUT2D eigenvalue weighted by atomic mass is 10.0. The fraction of sp³-hybridized carbons (Fsp3) is 0.550. The Morgan fingerprint density at radius 3 is 2.68 bits per heavy atom. The van der Waals surface area contributed by atoms with Gasteiger partial charge in [0.05, 0.1) is 12.1 Å². The van der Waals surface area contributed by atoms with Crippen molar-refractivity contribution in [2.24, 2.45) is 0 Å². The molecule has 2 aliphatic rings. The Balaban J connectivity index is 1.32. The molecule has 3 heterocycles. The molecule has 2 aliphatic heterocycles. The number of hydrogen-bond acceptors (Lipinski definition) is 6. The normalized spacial score (nSPS) is 21.1. The Labute approximate surface area is 164 Å². The Bertz CT molecular complexity index is 818. The molecule has 0 aliphatic carbocycles. The van der Waals surface area contributed by atoms with E-state index >= 15 is 0 Å². The SMILES string of the molecule is Cc1nonc1CC(=O)N1CCC[C@@H](N2CCN(c3ccccc3F)CC2)C1. The second-order valence-electron chi connectivity index (χ2n) is 7.58. The van der Waals surface area contributed by atoms with E-state index < -0.39 is 0 Å². The molecule has 0 bridgehead atoms.